The Labute approximate surface area is 145 Å². The van der Waals surface area contributed by atoms with Gasteiger partial charge in [-0.2, -0.15) is 13.2 Å². The molecule has 0 spiro atoms. The monoisotopic (exact) mass is 396 g/mol. The Morgan fingerprint density at radius 2 is 1.12 bits per heavy atom. The molecule has 3 unspecified atom stereocenters. The van der Waals surface area contributed by atoms with Crippen molar-refractivity contribution < 1.29 is 39.5 Å². The summed E-state index contributed by atoms with van der Waals surface area (Å²) in [6, 6.07) is 0. The standard InChI is InChI=1S/C17H21F9/c18-13(7-9-14(19,20)10-8-13)12-3-1-5-15(21,17(24,25)26)11(12)16(22,23)6-2-4-12/h11H,1-10H2. The molecule has 0 radical (unpaired) electrons. The lowest BCUT2D eigenvalue weighted by Gasteiger charge is -2.62. The maximum absolute atomic E-state index is 15.8. The Hall–Kier alpha value is -0.630. The predicted octanol–water partition coefficient (Wildman–Crippen LogP) is 6.78. The summed E-state index contributed by atoms with van der Waals surface area (Å²) < 4.78 is 128. The van der Waals surface area contributed by atoms with Gasteiger partial charge in [0.2, 0.25) is 11.6 Å². The van der Waals surface area contributed by atoms with E-state index in [9.17, 15) is 30.7 Å². The molecule has 0 saturated heterocycles. The van der Waals surface area contributed by atoms with Crippen LogP contribution in [0.5, 0.6) is 0 Å². The highest BCUT2D eigenvalue weighted by Crippen LogP contribution is 2.70. The lowest BCUT2D eigenvalue weighted by molar-refractivity contribution is -0.338. The molecule has 0 nitrogen and oxygen atoms in total. The minimum Gasteiger partial charge on any atom is -0.243 e. The first kappa shape index (κ1) is 20.1. The number of halogens is 9. The maximum atomic E-state index is 15.8. The molecule has 0 heterocycles. The predicted molar refractivity (Wildman–Crippen MR) is 75.7 cm³/mol. The van der Waals surface area contributed by atoms with Crippen molar-refractivity contribution in [1.82, 2.24) is 0 Å². The molecule has 0 aromatic heterocycles. The first-order valence-corrected chi connectivity index (χ1v) is 8.90. The minimum atomic E-state index is -5.57. The summed E-state index contributed by atoms with van der Waals surface area (Å²) in [7, 11) is 0. The molecular weight excluding hydrogens is 375 g/mol. The van der Waals surface area contributed by atoms with E-state index >= 15 is 8.78 Å². The first-order chi connectivity index (χ1) is 11.7. The average Bonchev–Trinajstić information content (AvgIpc) is 2.48. The molecule has 0 N–H and O–H groups in total. The van der Waals surface area contributed by atoms with Crippen molar-refractivity contribution in [2.45, 2.75) is 93.6 Å². The van der Waals surface area contributed by atoms with Gasteiger partial charge < -0.3 is 0 Å². The SMILES string of the molecule is FC1(F)CCC(F)(C23CCCC(F)(F)C2C(F)(C(F)(F)F)CCC3)CC1. The smallest absolute Gasteiger partial charge is 0.243 e. The molecule has 3 aliphatic carbocycles. The zero-order valence-corrected chi connectivity index (χ0v) is 14.1. The van der Waals surface area contributed by atoms with Crippen LogP contribution in [0, 0.1) is 11.3 Å². The molecule has 0 aliphatic heterocycles. The van der Waals surface area contributed by atoms with E-state index in [0.717, 1.165) is 0 Å². The highest BCUT2D eigenvalue weighted by molar-refractivity contribution is 5.19. The van der Waals surface area contributed by atoms with E-state index in [1.165, 1.54) is 0 Å². The molecule has 26 heavy (non-hydrogen) atoms. The zero-order chi connectivity index (χ0) is 19.6. The van der Waals surface area contributed by atoms with E-state index in [-0.39, 0.29) is 19.3 Å². The summed E-state index contributed by atoms with van der Waals surface area (Å²) >= 11 is 0. The molecule has 3 rings (SSSR count). The van der Waals surface area contributed by atoms with Crippen LogP contribution < -0.4 is 0 Å². The lowest BCUT2D eigenvalue weighted by Crippen LogP contribution is -2.69. The Kier molecular flexibility index (Phi) is 4.40. The zero-order valence-electron chi connectivity index (χ0n) is 14.1. The summed E-state index contributed by atoms with van der Waals surface area (Å²) in [6.07, 6.45) is -12.5. The van der Waals surface area contributed by atoms with Crippen molar-refractivity contribution >= 4 is 0 Å². The van der Waals surface area contributed by atoms with Crippen molar-refractivity contribution in [3.05, 3.63) is 0 Å². The molecular formula is C17H21F9. The summed E-state index contributed by atoms with van der Waals surface area (Å²) in [5, 5.41) is 0. The lowest BCUT2D eigenvalue weighted by atomic mass is 9.46. The van der Waals surface area contributed by atoms with Crippen LogP contribution in [-0.2, 0) is 0 Å². The van der Waals surface area contributed by atoms with E-state index in [4.69, 9.17) is 0 Å². The van der Waals surface area contributed by atoms with E-state index in [0.29, 0.717) is 0 Å². The summed E-state index contributed by atoms with van der Waals surface area (Å²) in [5.41, 5.74) is -9.13. The highest BCUT2D eigenvalue weighted by atomic mass is 19.4. The van der Waals surface area contributed by atoms with Gasteiger partial charge in [-0.25, -0.2) is 26.3 Å². The normalized spacial score (nSPS) is 42.1. The van der Waals surface area contributed by atoms with Crippen LogP contribution in [0.1, 0.15) is 64.2 Å². The molecule has 9 heteroatoms. The summed E-state index contributed by atoms with van der Waals surface area (Å²) in [4.78, 5) is 0. The van der Waals surface area contributed by atoms with Gasteiger partial charge in [0.05, 0.1) is 5.92 Å². The molecule has 0 aromatic rings. The third-order valence-corrected chi connectivity index (χ3v) is 6.87. The number of hydrogen-bond donors (Lipinski definition) is 0. The van der Waals surface area contributed by atoms with Crippen LogP contribution in [0.2, 0.25) is 0 Å². The number of hydrogen-bond acceptors (Lipinski definition) is 0. The quantitative estimate of drug-likeness (QED) is 0.429. The Morgan fingerprint density at radius 3 is 1.62 bits per heavy atom. The fraction of sp³-hybridized carbons (Fsp3) is 1.00. The van der Waals surface area contributed by atoms with Crippen LogP contribution in [-0.4, -0.2) is 29.4 Å². The van der Waals surface area contributed by atoms with E-state index in [1.807, 2.05) is 0 Å². The van der Waals surface area contributed by atoms with Gasteiger partial charge in [-0.15, -0.1) is 0 Å². The number of rotatable bonds is 1. The van der Waals surface area contributed by atoms with Crippen LogP contribution in [0.15, 0.2) is 0 Å². The van der Waals surface area contributed by atoms with Crippen LogP contribution in [0.4, 0.5) is 39.5 Å². The van der Waals surface area contributed by atoms with Crippen molar-refractivity contribution in [3.63, 3.8) is 0 Å². The maximum Gasteiger partial charge on any atom is 0.423 e. The Balaban J connectivity index is 2.11. The molecule has 3 saturated carbocycles. The average molecular weight is 396 g/mol. The Morgan fingerprint density at radius 1 is 0.615 bits per heavy atom. The van der Waals surface area contributed by atoms with E-state index in [2.05, 4.69) is 0 Å². The van der Waals surface area contributed by atoms with E-state index < -0.39 is 85.6 Å². The van der Waals surface area contributed by atoms with Crippen molar-refractivity contribution in [1.29, 1.82) is 0 Å². The van der Waals surface area contributed by atoms with Crippen LogP contribution >= 0.6 is 0 Å². The third-order valence-electron chi connectivity index (χ3n) is 6.87. The topological polar surface area (TPSA) is 0 Å². The molecule has 0 amide bonds. The number of alkyl halides is 9. The first-order valence-electron chi connectivity index (χ1n) is 8.90. The second-order valence-corrected chi connectivity index (χ2v) is 8.24. The summed E-state index contributed by atoms with van der Waals surface area (Å²) in [6.45, 7) is 0. The minimum absolute atomic E-state index is 0.250. The molecule has 152 valence electrons. The summed E-state index contributed by atoms with van der Waals surface area (Å²) in [5.74, 6) is -10.1. The van der Waals surface area contributed by atoms with Gasteiger partial charge in [-0.05, 0) is 44.9 Å². The Bertz CT molecular complexity index is 541. The van der Waals surface area contributed by atoms with Crippen molar-refractivity contribution in [3.8, 4) is 0 Å². The van der Waals surface area contributed by atoms with Crippen LogP contribution in [0.3, 0.4) is 0 Å². The second-order valence-electron chi connectivity index (χ2n) is 8.24. The van der Waals surface area contributed by atoms with Crippen molar-refractivity contribution in [2.75, 3.05) is 0 Å². The fourth-order valence-corrected chi connectivity index (χ4v) is 5.70. The van der Waals surface area contributed by atoms with Gasteiger partial charge in [0, 0.05) is 24.7 Å². The largest absolute Gasteiger partial charge is 0.423 e. The van der Waals surface area contributed by atoms with Gasteiger partial charge in [0.15, 0.2) is 0 Å². The fourth-order valence-electron chi connectivity index (χ4n) is 5.70. The highest BCUT2D eigenvalue weighted by Gasteiger charge is 2.78. The van der Waals surface area contributed by atoms with Crippen molar-refractivity contribution in [2.24, 2.45) is 11.3 Å². The molecule has 0 aromatic carbocycles. The van der Waals surface area contributed by atoms with E-state index in [1.54, 1.807) is 0 Å². The molecule has 0 bridgehead atoms. The molecule has 3 fully saturated rings. The molecule has 3 atom stereocenters. The van der Waals surface area contributed by atoms with Gasteiger partial charge in [0.1, 0.15) is 5.67 Å². The van der Waals surface area contributed by atoms with Gasteiger partial charge in [0.25, 0.3) is 5.92 Å². The van der Waals surface area contributed by atoms with Crippen LogP contribution in [0.25, 0.3) is 0 Å². The second kappa shape index (κ2) is 5.69. The van der Waals surface area contributed by atoms with Gasteiger partial charge in [-0.1, -0.05) is 0 Å². The number of fused-ring (bicyclic) bond motifs is 1. The van der Waals surface area contributed by atoms with Gasteiger partial charge in [-0.3, -0.25) is 0 Å². The van der Waals surface area contributed by atoms with Gasteiger partial charge >= 0.3 is 6.18 Å². The molecule has 3 aliphatic rings. The third kappa shape index (κ3) is 2.74.